The minimum absolute atomic E-state index is 0.0254. The van der Waals surface area contributed by atoms with Gasteiger partial charge in [-0.15, -0.1) is 0 Å². The van der Waals surface area contributed by atoms with Crippen LogP contribution in [-0.2, 0) is 18.4 Å². The van der Waals surface area contributed by atoms with E-state index < -0.39 is 16.6 Å². The maximum absolute atomic E-state index is 12.4. The van der Waals surface area contributed by atoms with Gasteiger partial charge >= 0.3 is 0 Å². The quantitative estimate of drug-likeness (QED) is 0.142. The highest BCUT2D eigenvalue weighted by Crippen LogP contribution is 2.28. The monoisotopic (exact) mass is 478 g/mol. The third-order valence-electron chi connectivity index (χ3n) is 5.19. The van der Waals surface area contributed by atoms with Crippen LogP contribution in [0.5, 0.6) is 0 Å². The molecule has 0 amide bonds. The summed E-state index contributed by atoms with van der Waals surface area (Å²) in [7, 11) is -3.41. The normalized spacial score (nSPS) is 20.5. The maximum atomic E-state index is 12.4. The highest BCUT2D eigenvalue weighted by molar-refractivity contribution is 6.71. The number of ketones is 1. The van der Waals surface area contributed by atoms with Crippen LogP contribution in [0.2, 0.25) is 39.3 Å². The van der Waals surface area contributed by atoms with Gasteiger partial charge in [-0.3, -0.25) is 9.59 Å². The molecule has 6 heteroatoms. The van der Waals surface area contributed by atoms with Crippen LogP contribution < -0.4 is 0 Å². The number of unbranched alkanes of at least 4 members (excludes halogenated alkanes) is 3. The first-order valence-corrected chi connectivity index (χ1v) is 19.2. The zero-order valence-corrected chi connectivity index (χ0v) is 23.5. The van der Waals surface area contributed by atoms with Gasteiger partial charge in [-0.2, -0.15) is 0 Å². The van der Waals surface area contributed by atoms with Crippen LogP contribution in [0.3, 0.4) is 0 Å². The predicted molar refractivity (Wildman–Crippen MR) is 140 cm³/mol. The molecule has 0 aromatic rings. The van der Waals surface area contributed by atoms with Crippen molar-refractivity contribution in [3.63, 3.8) is 0 Å². The summed E-state index contributed by atoms with van der Waals surface area (Å²) in [4.78, 5) is 24.2. The Morgan fingerprint density at radius 2 is 1.78 bits per heavy atom. The van der Waals surface area contributed by atoms with Crippen LogP contribution in [-0.4, -0.2) is 34.5 Å². The van der Waals surface area contributed by atoms with Crippen molar-refractivity contribution in [3.05, 3.63) is 36.5 Å². The average molecular weight is 479 g/mol. The fourth-order valence-electron chi connectivity index (χ4n) is 3.74. The molecule has 1 aliphatic rings. The molecule has 0 unspecified atom stereocenters. The molecule has 0 fully saturated rings. The summed E-state index contributed by atoms with van der Waals surface area (Å²) in [5.74, 6) is 0.226. The summed E-state index contributed by atoms with van der Waals surface area (Å²) in [6.07, 6.45) is 19.9. The van der Waals surface area contributed by atoms with Gasteiger partial charge in [0.25, 0.3) is 5.97 Å². The van der Waals surface area contributed by atoms with Crippen molar-refractivity contribution in [1.82, 2.24) is 0 Å². The van der Waals surface area contributed by atoms with Crippen LogP contribution in [0.1, 0.15) is 58.3 Å². The van der Waals surface area contributed by atoms with E-state index >= 15 is 0 Å². The van der Waals surface area contributed by atoms with Gasteiger partial charge in [0.1, 0.15) is 0 Å². The molecular formula is C26H46O4Si2. The Morgan fingerprint density at radius 1 is 1.06 bits per heavy atom. The van der Waals surface area contributed by atoms with E-state index in [-0.39, 0.29) is 29.7 Å². The summed E-state index contributed by atoms with van der Waals surface area (Å²) in [6, 6.07) is 0. The number of carbonyl (C=O) groups excluding carboxylic acids is 2. The van der Waals surface area contributed by atoms with E-state index in [0.29, 0.717) is 6.42 Å². The highest BCUT2D eigenvalue weighted by Gasteiger charge is 2.28. The summed E-state index contributed by atoms with van der Waals surface area (Å²) in [5.41, 5.74) is 0. The molecule has 0 saturated carbocycles. The SMILES string of the molecule is CCCCC[C@@H](/C=C/[C@H]1C=CC(=O)[C@@H]1C/C=C\CCCC(=O)O[Si](C)(C)C)O[Si](C)(C)C. The van der Waals surface area contributed by atoms with Gasteiger partial charge in [-0.25, -0.2) is 0 Å². The standard InChI is InChI=1S/C26H46O4Si2/c1-8-9-12-15-23(29-31(2,3)4)20-18-22-19-21-25(27)24(22)16-13-10-11-14-17-26(28)30-32(5,6)7/h10,13,18-24H,8-9,11-12,14-17H2,1-7H3/b13-10-,20-18+/t22-,23-,24+/m0/s1. The molecule has 0 aromatic heterocycles. The minimum Gasteiger partial charge on any atom is -0.520 e. The molecule has 0 bridgehead atoms. The van der Waals surface area contributed by atoms with E-state index in [1.807, 2.05) is 25.7 Å². The van der Waals surface area contributed by atoms with Crippen LogP contribution in [0, 0.1) is 11.8 Å². The Balaban J connectivity index is 2.53. The third kappa shape index (κ3) is 13.3. The number of hydrogen-bond acceptors (Lipinski definition) is 4. The van der Waals surface area contributed by atoms with Crippen LogP contribution in [0.25, 0.3) is 0 Å². The van der Waals surface area contributed by atoms with Gasteiger partial charge in [-0.05, 0) is 71.0 Å². The fourth-order valence-corrected chi connectivity index (χ4v) is 5.63. The van der Waals surface area contributed by atoms with Crippen molar-refractivity contribution in [2.24, 2.45) is 11.8 Å². The molecule has 0 saturated heterocycles. The third-order valence-corrected chi connectivity index (χ3v) is 7.04. The topological polar surface area (TPSA) is 52.6 Å². The minimum atomic E-state index is -1.79. The summed E-state index contributed by atoms with van der Waals surface area (Å²) >= 11 is 0. The Kier molecular flexibility index (Phi) is 12.7. The molecule has 0 aromatic carbocycles. The number of rotatable bonds is 15. The second-order valence-corrected chi connectivity index (χ2v) is 19.7. The van der Waals surface area contributed by atoms with E-state index in [2.05, 4.69) is 50.9 Å². The molecule has 0 N–H and O–H groups in total. The van der Waals surface area contributed by atoms with Gasteiger partial charge in [0.05, 0.1) is 6.10 Å². The molecule has 0 radical (unpaired) electrons. The first kappa shape index (κ1) is 28.8. The number of allylic oxidation sites excluding steroid dienone is 5. The van der Waals surface area contributed by atoms with Crippen LogP contribution >= 0.6 is 0 Å². The molecule has 4 nitrogen and oxygen atoms in total. The van der Waals surface area contributed by atoms with Gasteiger partial charge < -0.3 is 8.85 Å². The summed E-state index contributed by atoms with van der Waals surface area (Å²) < 4.78 is 11.8. The van der Waals surface area contributed by atoms with E-state index in [4.69, 9.17) is 8.85 Å². The lowest BCUT2D eigenvalue weighted by atomic mass is 9.90. The van der Waals surface area contributed by atoms with Gasteiger partial charge in [0, 0.05) is 18.3 Å². The fraction of sp³-hybridized carbons (Fsp3) is 0.692. The average Bonchev–Trinajstić information content (AvgIpc) is 3.00. The van der Waals surface area contributed by atoms with E-state index in [1.165, 1.54) is 19.3 Å². The molecule has 0 heterocycles. The Labute approximate surface area is 198 Å². The van der Waals surface area contributed by atoms with Crippen molar-refractivity contribution in [2.45, 2.75) is 104 Å². The van der Waals surface area contributed by atoms with Crippen LogP contribution in [0.15, 0.2) is 36.5 Å². The second-order valence-electron chi connectivity index (χ2n) is 10.8. The van der Waals surface area contributed by atoms with E-state index in [0.717, 1.165) is 25.7 Å². The smallest absolute Gasteiger partial charge is 0.292 e. The van der Waals surface area contributed by atoms with Crippen molar-refractivity contribution >= 4 is 28.4 Å². The van der Waals surface area contributed by atoms with Crippen molar-refractivity contribution < 1.29 is 18.4 Å². The van der Waals surface area contributed by atoms with Gasteiger partial charge in [0.2, 0.25) is 8.32 Å². The molecule has 182 valence electrons. The lowest BCUT2D eigenvalue weighted by molar-refractivity contribution is -0.135. The molecular weight excluding hydrogens is 432 g/mol. The predicted octanol–water partition coefficient (Wildman–Crippen LogP) is 7.21. The molecule has 3 atom stereocenters. The highest BCUT2D eigenvalue weighted by atomic mass is 28.4. The van der Waals surface area contributed by atoms with Gasteiger partial charge in [0.15, 0.2) is 14.1 Å². The Bertz CT molecular complexity index is 668. The first-order valence-electron chi connectivity index (χ1n) is 12.4. The second kappa shape index (κ2) is 14.1. The maximum Gasteiger partial charge on any atom is 0.292 e. The largest absolute Gasteiger partial charge is 0.520 e. The zero-order chi connectivity index (χ0) is 24.2. The summed E-state index contributed by atoms with van der Waals surface area (Å²) in [6.45, 7) is 15.0. The van der Waals surface area contributed by atoms with Crippen molar-refractivity contribution in [1.29, 1.82) is 0 Å². The van der Waals surface area contributed by atoms with Crippen molar-refractivity contribution in [3.8, 4) is 0 Å². The Morgan fingerprint density at radius 3 is 2.41 bits per heavy atom. The molecule has 1 aliphatic carbocycles. The first-order chi connectivity index (χ1) is 14.9. The number of hydrogen-bond donors (Lipinski definition) is 0. The van der Waals surface area contributed by atoms with E-state index in [1.54, 1.807) is 6.08 Å². The summed E-state index contributed by atoms with van der Waals surface area (Å²) in [5, 5.41) is 0. The Hall–Kier alpha value is -1.25. The van der Waals surface area contributed by atoms with Crippen LogP contribution in [0.4, 0.5) is 0 Å². The van der Waals surface area contributed by atoms with Crippen molar-refractivity contribution in [2.75, 3.05) is 0 Å². The lowest BCUT2D eigenvalue weighted by Gasteiger charge is -2.25. The lowest BCUT2D eigenvalue weighted by Crippen LogP contribution is -2.31. The van der Waals surface area contributed by atoms with Gasteiger partial charge in [-0.1, -0.05) is 56.6 Å². The molecule has 0 spiro atoms. The zero-order valence-electron chi connectivity index (χ0n) is 21.5. The molecule has 1 rings (SSSR count). The molecule has 0 aliphatic heterocycles. The number of carbonyl (C=O) groups is 2. The molecule has 32 heavy (non-hydrogen) atoms. The van der Waals surface area contributed by atoms with E-state index in [9.17, 15) is 9.59 Å².